The zero-order chi connectivity index (χ0) is 12.1. The van der Waals surface area contributed by atoms with Gasteiger partial charge in [-0.25, -0.2) is 0 Å². The average molecular weight is 232 g/mol. The lowest BCUT2D eigenvalue weighted by molar-refractivity contribution is 0.0893. The van der Waals surface area contributed by atoms with E-state index in [2.05, 4.69) is 0 Å². The summed E-state index contributed by atoms with van der Waals surface area (Å²) in [6, 6.07) is 10.4. The summed E-state index contributed by atoms with van der Waals surface area (Å²) in [6.45, 7) is -0.0549. The van der Waals surface area contributed by atoms with Crippen LogP contribution < -0.4 is 9.47 Å². The minimum atomic E-state index is -0.196. The Hall–Kier alpha value is -2.23. The van der Waals surface area contributed by atoms with Gasteiger partial charge in [-0.1, -0.05) is 6.07 Å². The Labute approximate surface area is 98.8 Å². The van der Waals surface area contributed by atoms with E-state index in [1.54, 1.807) is 43.5 Å². The Kier molecular flexibility index (Phi) is 3.45. The molecule has 0 radical (unpaired) electrons. The van der Waals surface area contributed by atoms with Crippen LogP contribution in [0.1, 0.15) is 10.6 Å². The molecule has 0 saturated carbocycles. The lowest BCUT2D eigenvalue weighted by Crippen LogP contribution is -2.10. The summed E-state index contributed by atoms with van der Waals surface area (Å²) in [5, 5.41) is 0. The maximum absolute atomic E-state index is 11.6. The molecular formula is C13H12O4. The van der Waals surface area contributed by atoms with Crippen molar-refractivity contribution in [1.82, 2.24) is 0 Å². The second-order valence-corrected chi connectivity index (χ2v) is 3.37. The Morgan fingerprint density at radius 2 is 2.06 bits per heavy atom. The molecule has 0 fully saturated rings. The number of benzene rings is 1. The molecule has 0 spiro atoms. The van der Waals surface area contributed by atoms with Crippen LogP contribution >= 0.6 is 0 Å². The summed E-state index contributed by atoms with van der Waals surface area (Å²) < 4.78 is 15.4. The van der Waals surface area contributed by atoms with Gasteiger partial charge in [-0.05, 0) is 24.3 Å². The summed E-state index contributed by atoms with van der Waals surface area (Å²) in [4.78, 5) is 11.6. The Morgan fingerprint density at radius 1 is 1.24 bits per heavy atom. The number of carbonyl (C=O) groups is 1. The molecule has 2 rings (SSSR count). The minimum absolute atomic E-state index is 0.0549. The van der Waals surface area contributed by atoms with Crippen LogP contribution in [-0.4, -0.2) is 19.5 Å². The minimum Gasteiger partial charge on any atom is -0.497 e. The maximum atomic E-state index is 11.6. The van der Waals surface area contributed by atoms with Crippen molar-refractivity contribution in [2.24, 2.45) is 0 Å². The molecule has 0 aliphatic carbocycles. The fourth-order valence-corrected chi connectivity index (χ4v) is 1.35. The molecule has 0 bridgehead atoms. The number of furan rings is 1. The number of carbonyl (C=O) groups excluding carboxylic acids is 1. The number of rotatable bonds is 5. The molecular weight excluding hydrogens is 220 g/mol. The zero-order valence-electron chi connectivity index (χ0n) is 9.38. The fraction of sp³-hybridized carbons (Fsp3) is 0.154. The Balaban J connectivity index is 1.95. The van der Waals surface area contributed by atoms with Gasteiger partial charge in [-0.3, -0.25) is 4.79 Å². The Morgan fingerprint density at radius 3 is 2.76 bits per heavy atom. The highest BCUT2D eigenvalue weighted by Crippen LogP contribution is 2.19. The van der Waals surface area contributed by atoms with E-state index in [4.69, 9.17) is 13.9 Å². The molecule has 17 heavy (non-hydrogen) atoms. The first-order valence-electron chi connectivity index (χ1n) is 5.13. The number of Topliss-reactive ketones (excluding diaryl/α,β-unsaturated/α-hetero) is 1. The van der Waals surface area contributed by atoms with E-state index in [-0.39, 0.29) is 12.4 Å². The predicted octanol–water partition coefficient (Wildman–Crippen LogP) is 2.55. The van der Waals surface area contributed by atoms with Crippen LogP contribution in [0.25, 0.3) is 0 Å². The first-order chi connectivity index (χ1) is 8.29. The summed E-state index contributed by atoms with van der Waals surface area (Å²) >= 11 is 0. The van der Waals surface area contributed by atoms with Crippen molar-refractivity contribution in [2.45, 2.75) is 0 Å². The summed E-state index contributed by atoms with van der Waals surface area (Å²) in [5.41, 5.74) is 0. The molecule has 0 unspecified atom stereocenters. The molecule has 1 aromatic heterocycles. The topological polar surface area (TPSA) is 48.7 Å². The number of hydrogen-bond donors (Lipinski definition) is 0. The van der Waals surface area contributed by atoms with Crippen LogP contribution in [0.5, 0.6) is 11.5 Å². The summed E-state index contributed by atoms with van der Waals surface area (Å²) in [5.74, 6) is 1.38. The highest BCUT2D eigenvalue weighted by molar-refractivity contribution is 5.94. The molecule has 0 N–H and O–H groups in total. The third-order valence-corrected chi connectivity index (χ3v) is 2.21. The quantitative estimate of drug-likeness (QED) is 0.743. The van der Waals surface area contributed by atoms with Gasteiger partial charge in [0.1, 0.15) is 11.5 Å². The van der Waals surface area contributed by atoms with Crippen molar-refractivity contribution in [1.29, 1.82) is 0 Å². The van der Waals surface area contributed by atoms with Gasteiger partial charge in [-0.2, -0.15) is 0 Å². The molecule has 1 heterocycles. The molecule has 4 heteroatoms. The molecule has 2 aromatic rings. The van der Waals surface area contributed by atoms with Crippen molar-refractivity contribution >= 4 is 5.78 Å². The van der Waals surface area contributed by atoms with Gasteiger partial charge in [0.2, 0.25) is 5.78 Å². The molecule has 0 aliphatic rings. The lowest BCUT2D eigenvalue weighted by Gasteiger charge is -2.05. The fourth-order valence-electron chi connectivity index (χ4n) is 1.35. The maximum Gasteiger partial charge on any atom is 0.235 e. The van der Waals surface area contributed by atoms with E-state index in [0.29, 0.717) is 17.3 Å². The highest BCUT2D eigenvalue weighted by atomic mass is 16.5. The predicted molar refractivity (Wildman–Crippen MR) is 61.5 cm³/mol. The average Bonchev–Trinajstić information content (AvgIpc) is 2.90. The van der Waals surface area contributed by atoms with Crippen molar-refractivity contribution in [3.05, 3.63) is 48.4 Å². The first kappa shape index (κ1) is 11.3. The van der Waals surface area contributed by atoms with Gasteiger partial charge >= 0.3 is 0 Å². The van der Waals surface area contributed by atoms with E-state index in [1.807, 2.05) is 0 Å². The van der Waals surface area contributed by atoms with Crippen LogP contribution in [0.3, 0.4) is 0 Å². The van der Waals surface area contributed by atoms with Crippen molar-refractivity contribution in [3.63, 3.8) is 0 Å². The van der Waals surface area contributed by atoms with E-state index >= 15 is 0 Å². The summed E-state index contributed by atoms with van der Waals surface area (Å²) in [7, 11) is 1.58. The van der Waals surface area contributed by atoms with Gasteiger partial charge in [-0.15, -0.1) is 0 Å². The molecule has 0 aliphatic heterocycles. The van der Waals surface area contributed by atoms with Gasteiger partial charge in [0, 0.05) is 6.07 Å². The van der Waals surface area contributed by atoms with Crippen LogP contribution in [-0.2, 0) is 0 Å². The third kappa shape index (κ3) is 2.87. The number of hydrogen-bond acceptors (Lipinski definition) is 4. The van der Waals surface area contributed by atoms with Crippen molar-refractivity contribution < 1.29 is 18.7 Å². The van der Waals surface area contributed by atoms with Crippen LogP contribution in [0.2, 0.25) is 0 Å². The number of ether oxygens (including phenoxy) is 2. The zero-order valence-corrected chi connectivity index (χ0v) is 9.38. The lowest BCUT2D eigenvalue weighted by atomic mass is 10.3. The van der Waals surface area contributed by atoms with E-state index in [1.165, 1.54) is 6.26 Å². The SMILES string of the molecule is COc1cccc(OCC(=O)c2ccco2)c1. The van der Waals surface area contributed by atoms with Gasteiger partial charge in [0.25, 0.3) is 0 Å². The third-order valence-electron chi connectivity index (χ3n) is 2.21. The van der Waals surface area contributed by atoms with Crippen molar-refractivity contribution in [3.8, 4) is 11.5 Å². The molecule has 0 saturated heterocycles. The second-order valence-electron chi connectivity index (χ2n) is 3.37. The monoisotopic (exact) mass is 232 g/mol. The first-order valence-corrected chi connectivity index (χ1v) is 5.13. The van der Waals surface area contributed by atoms with Gasteiger partial charge in [0.05, 0.1) is 13.4 Å². The summed E-state index contributed by atoms with van der Waals surface area (Å²) in [6.07, 6.45) is 1.46. The van der Waals surface area contributed by atoms with Crippen molar-refractivity contribution in [2.75, 3.05) is 13.7 Å². The molecule has 4 nitrogen and oxygen atoms in total. The van der Waals surface area contributed by atoms with Gasteiger partial charge < -0.3 is 13.9 Å². The molecule has 0 atom stereocenters. The normalized spacial score (nSPS) is 9.94. The molecule has 1 aromatic carbocycles. The van der Waals surface area contributed by atoms with Crippen LogP contribution in [0.4, 0.5) is 0 Å². The van der Waals surface area contributed by atoms with E-state index in [9.17, 15) is 4.79 Å². The highest BCUT2D eigenvalue weighted by Gasteiger charge is 2.09. The Bertz CT molecular complexity index is 488. The largest absolute Gasteiger partial charge is 0.497 e. The number of methoxy groups -OCH3 is 1. The second kappa shape index (κ2) is 5.21. The number of ketones is 1. The van der Waals surface area contributed by atoms with Gasteiger partial charge in [0.15, 0.2) is 12.4 Å². The molecule has 88 valence electrons. The smallest absolute Gasteiger partial charge is 0.235 e. The standard InChI is InChI=1S/C13H12O4/c1-15-10-4-2-5-11(8-10)17-9-12(14)13-6-3-7-16-13/h2-8H,9H2,1H3. The van der Waals surface area contributed by atoms with E-state index < -0.39 is 0 Å². The molecule has 0 amide bonds. The van der Waals surface area contributed by atoms with Crippen LogP contribution in [0.15, 0.2) is 47.1 Å². The van der Waals surface area contributed by atoms with Crippen LogP contribution in [0, 0.1) is 0 Å². The van der Waals surface area contributed by atoms with E-state index in [0.717, 1.165) is 0 Å².